The van der Waals surface area contributed by atoms with Gasteiger partial charge in [0.1, 0.15) is 18.6 Å². The smallest absolute Gasteiger partial charge is 0.143 e. The molecule has 0 aliphatic carbocycles. The predicted molar refractivity (Wildman–Crippen MR) is 120 cm³/mol. The molecule has 2 aromatic carbocycles. The summed E-state index contributed by atoms with van der Waals surface area (Å²) in [6.45, 7) is 7.95. The number of benzene rings is 2. The molecule has 2 aliphatic rings. The van der Waals surface area contributed by atoms with Gasteiger partial charge in [0.2, 0.25) is 0 Å². The number of hydrogen-bond acceptors (Lipinski definition) is 5. The molecule has 160 valence electrons. The molecule has 2 aromatic rings. The van der Waals surface area contributed by atoms with Gasteiger partial charge in [0.15, 0.2) is 0 Å². The fourth-order valence-electron chi connectivity index (χ4n) is 4.64. The first-order chi connectivity index (χ1) is 14.5. The van der Waals surface area contributed by atoms with E-state index in [0.717, 1.165) is 48.4 Å². The van der Waals surface area contributed by atoms with Crippen LogP contribution in [0.5, 0.6) is 5.75 Å². The number of likely N-dealkylation sites (tertiary alicyclic amines) is 1. The van der Waals surface area contributed by atoms with Gasteiger partial charge in [0.05, 0.1) is 23.9 Å². The van der Waals surface area contributed by atoms with Crippen molar-refractivity contribution >= 4 is 5.69 Å². The van der Waals surface area contributed by atoms with E-state index >= 15 is 0 Å². The number of fused-ring (bicyclic) bond motifs is 1. The van der Waals surface area contributed by atoms with Gasteiger partial charge >= 0.3 is 0 Å². The second-order valence-electron chi connectivity index (χ2n) is 8.53. The zero-order valence-corrected chi connectivity index (χ0v) is 17.7. The van der Waals surface area contributed by atoms with Gasteiger partial charge in [-0.25, -0.2) is 0 Å². The normalized spacial score (nSPS) is 23.5. The van der Waals surface area contributed by atoms with Crippen LogP contribution in [0.1, 0.15) is 37.8 Å². The summed E-state index contributed by atoms with van der Waals surface area (Å²) in [5, 5.41) is 21.9. The Morgan fingerprint density at radius 2 is 1.90 bits per heavy atom. The molecule has 0 radical (unpaired) electrons. The van der Waals surface area contributed by atoms with E-state index in [1.54, 1.807) is 0 Å². The summed E-state index contributed by atoms with van der Waals surface area (Å²) in [6.07, 6.45) is 1.33. The van der Waals surface area contributed by atoms with Crippen molar-refractivity contribution in [3.63, 3.8) is 0 Å². The maximum Gasteiger partial charge on any atom is 0.143 e. The molecule has 0 saturated carbocycles. The lowest BCUT2D eigenvalue weighted by Crippen LogP contribution is -2.54. The summed E-state index contributed by atoms with van der Waals surface area (Å²) in [5.74, 6) is 0.795. The molecule has 0 aromatic heterocycles. The standard InChI is InChI=1S/C25H32N2O3/c1-18(2)12-13-22(26-15-14-20(28)16-26)25(29)27-21-10-6-7-11-24(21)30-17-23(27)19-8-4-3-5-9-19/h3-11,20,22-23,25,28-29H,1,12-17H2,2H3. The van der Waals surface area contributed by atoms with E-state index in [-0.39, 0.29) is 18.2 Å². The van der Waals surface area contributed by atoms with Gasteiger partial charge in [-0.05, 0) is 43.9 Å². The third-order valence-electron chi connectivity index (χ3n) is 6.22. The van der Waals surface area contributed by atoms with Gasteiger partial charge in [-0.1, -0.05) is 48.0 Å². The monoisotopic (exact) mass is 408 g/mol. The molecule has 30 heavy (non-hydrogen) atoms. The SMILES string of the molecule is C=C(C)CCC(C(O)N1c2ccccc2OCC1c1ccccc1)N1CCC(O)C1. The third kappa shape index (κ3) is 4.38. The average molecular weight is 409 g/mol. The van der Waals surface area contributed by atoms with Crippen molar-refractivity contribution in [1.29, 1.82) is 0 Å². The summed E-state index contributed by atoms with van der Waals surface area (Å²) >= 11 is 0. The molecule has 2 N–H and O–H groups in total. The zero-order chi connectivity index (χ0) is 21.1. The second kappa shape index (κ2) is 9.21. The molecule has 4 atom stereocenters. The van der Waals surface area contributed by atoms with Gasteiger partial charge in [-0.15, -0.1) is 6.58 Å². The highest BCUT2D eigenvalue weighted by atomic mass is 16.5. The van der Waals surface area contributed by atoms with Crippen LogP contribution in [0, 0.1) is 0 Å². The lowest BCUT2D eigenvalue weighted by atomic mass is 9.98. The number of aliphatic hydroxyl groups excluding tert-OH is 2. The van der Waals surface area contributed by atoms with E-state index in [2.05, 4.69) is 28.5 Å². The van der Waals surface area contributed by atoms with E-state index in [0.29, 0.717) is 13.2 Å². The number of nitrogens with zero attached hydrogens (tertiary/aromatic N) is 2. The predicted octanol–water partition coefficient (Wildman–Crippen LogP) is 3.74. The van der Waals surface area contributed by atoms with E-state index in [1.165, 1.54) is 0 Å². The summed E-state index contributed by atoms with van der Waals surface area (Å²) < 4.78 is 6.07. The van der Waals surface area contributed by atoms with Crippen LogP contribution in [-0.2, 0) is 0 Å². The maximum absolute atomic E-state index is 11.8. The summed E-state index contributed by atoms with van der Waals surface area (Å²) in [7, 11) is 0. The first kappa shape index (κ1) is 20.9. The lowest BCUT2D eigenvalue weighted by molar-refractivity contribution is 0.0344. The quantitative estimate of drug-likeness (QED) is 0.684. The Labute approximate surface area is 179 Å². The highest BCUT2D eigenvalue weighted by molar-refractivity contribution is 5.62. The number of hydrogen-bond donors (Lipinski definition) is 2. The average Bonchev–Trinajstić information content (AvgIpc) is 3.19. The minimum atomic E-state index is -0.732. The van der Waals surface area contributed by atoms with Crippen molar-refractivity contribution in [1.82, 2.24) is 4.90 Å². The molecule has 0 bridgehead atoms. The summed E-state index contributed by atoms with van der Waals surface area (Å²) in [4.78, 5) is 4.35. The second-order valence-corrected chi connectivity index (χ2v) is 8.53. The summed E-state index contributed by atoms with van der Waals surface area (Å²) in [5.41, 5.74) is 3.13. The Morgan fingerprint density at radius 1 is 1.17 bits per heavy atom. The number of rotatable bonds is 7. The Hall–Kier alpha value is -2.34. The number of allylic oxidation sites excluding steroid dienone is 1. The van der Waals surface area contributed by atoms with Crippen LogP contribution in [0.15, 0.2) is 66.7 Å². The zero-order valence-electron chi connectivity index (χ0n) is 17.7. The lowest BCUT2D eigenvalue weighted by Gasteiger charge is -2.46. The van der Waals surface area contributed by atoms with Gasteiger partial charge in [0.25, 0.3) is 0 Å². The summed E-state index contributed by atoms with van der Waals surface area (Å²) in [6, 6.07) is 18.0. The highest BCUT2D eigenvalue weighted by Crippen LogP contribution is 2.41. The largest absolute Gasteiger partial charge is 0.489 e. The highest BCUT2D eigenvalue weighted by Gasteiger charge is 2.40. The van der Waals surface area contributed by atoms with E-state index in [1.807, 2.05) is 49.4 Å². The van der Waals surface area contributed by atoms with Crippen LogP contribution in [0.2, 0.25) is 0 Å². The molecule has 1 saturated heterocycles. The van der Waals surface area contributed by atoms with E-state index < -0.39 is 6.23 Å². The minimum Gasteiger partial charge on any atom is -0.489 e. The fourth-order valence-corrected chi connectivity index (χ4v) is 4.64. The number of ether oxygens (including phenoxy) is 1. The van der Waals surface area contributed by atoms with Crippen molar-refractivity contribution in [3.8, 4) is 5.75 Å². The van der Waals surface area contributed by atoms with Gasteiger partial charge in [-0.3, -0.25) is 4.90 Å². The van der Waals surface area contributed by atoms with Crippen LogP contribution in [0.25, 0.3) is 0 Å². The van der Waals surface area contributed by atoms with Gasteiger partial charge < -0.3 is 19.8 Å². The third-order valence-corrected chi connectivity index (χ3v) is 6.22. The molecule has 1 fully saturated rings. The molecular formula is C25H32N2O3. The molecule has 4 rings (SSSR count). The molecule has 2 heterocycles. The number of aliphatic hydroxyl groups is 2. The van der Waals surface area contributed by atoms with E-state index in [4.69, 9.17) is 4.74 Å². The van der Waals surface area contributed by atoms with Gasteiger partial charge in [0, 0.05) is 13.1 Å². The van der Waals surface area contributed by atoms with Crippen LogP contribution in [-0.4, -0.2) is 53.2 Å². The fraction of sp³-hybridized carbons (Fsp3) is 0.440. The molecule has 0 amide bonds. The molecule has 0 spiro atoms. The van der Waals surface area contributed by atoms with Crippen LogP contribution in [0.4, 0.5) is 5.69 Å². The van der Waals surface area contributed by atoms with Crippen LogP contribution >= 0.6 is 0 Å². The van der Waals surface area contributed by atoms with Crippen molar-refractivity contribution in [2.45, 2.75) is 50.6 Å². The van der Waals surface area contributed by atoms with Crippen LogP contribution < -0.4 is 9.64 Å². The van der Waals surface area contributed by atoms with Crippen molar-refractivity contribution in [3.05, 3.63) is 72.3 Å². The van der Waals surface area contributed by atoms with Gasteiger partial charge in [-0.2, -0.15) is 0 Å². The number of anilines is 1. The number of β-amino-alcohol motifs (C(OH)–C–C–N with tert-alkyl or cyclic N) is 1. The number of para-hydroxylation sites is 2. The first-order valence-corrected chi connectivity index (χ1v) is 10.8. The molecule has 5 nitrogen and oxygen atoms in total. The van der Waals surface area contributed by atoms with Crippen molar-refractivity contribution < 1.29 is 14.9 Å². The molecule has 2 aliphatic heterocycles. The Bertz CT molecular complexity index is 856. The Morgan fingerprint density at radius 3 is 2.60 bits per heavy atom. The topological polar surface area (TPSA) is 56.2 Å². The van der Waals surface area contributed by atoms with Crippen molar-refractivity contribution in [2.75, 3.05) is 24.6 Å². The maximum atomic E-state index is 11.8. The van der Waals surface area contributed by atoms with Crippen molar-refractivity contribution in [2.24, 2.45) is 0 Å². The molecular weight excluding hydrogens is 376 g/mol. The minimum absolute atomic E-state index is 0.0871. The molecule has 4 unspecified atom stereocenters. The van der Waals surface area contributed by atoms with E-state index in [9.17, 15) is 10.2 Å². The Balaban J connectivity index is 1.70. The van der Waals surface area contributed by atoms with Crippen LogP contribution in [0.3, 0.4) is 0 Å². The molecule has 5 heteroatoms. The first-order valence-electron chi connectivity index (χ1n) is 10.8. The Kier molecular flexibility index (Phi) is 6.42.